The van der Waals surface area contributed by atoms with E-state index in [0.717, 1.165) is 0 Å². The third-order valence-electron chi connectivity index (χ3n) is 1.88. The largest absolute Gasteiger partial charge is 0.417 e. The number of hydrogen-bond acceptors (Lipinski definition) is 1. The van der Waals surface area contributed by atoms with Gasteiger partial charge >= 0.3 is 12.4 Å². The van der Waals surface area contributed by atoms with Crippen molar-refractivity contribution in [2.24, 2.45) is 0 Å². The van der Waals surface area contributed by atoms with Crippen molar-refractivity contribution in [1.82, 2.24) is 0 Å². The second kappa shape index (κ2) is 4.01. The first kappa shape index (κ1) is 13.5. The van der Waals surface area contributed by atoms with Crippen LogP contribution in [0, 0.1) is 5.82 Å². The lowest BCUT2D eigenvalue weighted by Crippen LogP contribution is -2.15. The topological polar surface area (TPSA) is 17.1 Å². The second-order valence-electron chi connectivity index (χ2n) is 3.03. The summed E-state index contributed by atoms with van der Waals surface area (Å²) < 4.78 is 86.3. The minimum Gasteiger partial charge on any atom is -0.298 e. The van der Waals surface area contributed by atoms with Gasteiger partial charge in [-0.25, -0.2) is 4.39 Å². The maximum Gasteiger partial charge on any atom is 0.417 e. The summed E-state index contributed by atoms with van der Waals surface area (Å²) in [5.41, 5.74) is -5.18. The monoisotopic (exact) mass is 260 g/mol. The Labute approximate surface area is 89.8 Å². The summed E-state index contributed by atoms with van der Waals surface area (Å²) in [6.45, 7) is 0. The lowest BCUT2D eigenvalue weighted by atomic mass is 10.0. The van der Waals surface area contributed by atoms with Crippen LogP contribution in [0.25, 0.3) is 0 Å². The Balaban J connectivity index is 3.56. The Hall–Kier alpha value is -1.60. The molecule has 8 heteroatoms. The van der Waals surface area contributed by atoms with Crippen LogP contribution >= 0.6 is 0 Å². The first-order valence-electron chi connectivity index (χ1n) is 4.00. The van der Waals surface area contributed by atoms with Crippen molar-refractivity contribution in [2.45, 2.75) is 12.4 Å². The van der Waals surface area contributed by atoms with Crippen LogP contribution in [0.15, 0.2) is 12.1 Å². The van der Waals surface area contributed by atoms with E-state index in [1.807, 2.05) is 0 Å². The standard InChI is InChI=1S/C9H3F7O/c10-7-2-4(8(11,12)13)1-6(5(7)3-17)9(14,15)16/h1-3H. The molecule has 0 bridgehead atoms. The molecule has 0 fully saturated rings. The molecule has 0 N–H and O–H groups in total. The van der Waals surface area contributed by atoms with Crippen LogP contribution in [0.5, 0.6) is 0 Å². The van der Waals surface area contributed by atoms with Gasteiger partial charge in [0.05, 0.1) is 16.7 Å². The highest BCUT2D eigenvalue weighted by Gasteiger charge is 2.39. The van der Waals surface area contributed by atoms with Gasteiger partial charge in [0.15, 0.2) is 6.29 Å². The third-order valence-corrected chi connectivity index (χ3v) is 1.88. The van der Waals surface area contributed by atoms with Crippen LogP contribution in [0.3, 0.4) is 0 Å². The lowest BCUT2D eigenvalue weighted by Gasteiger charge is -2.13. The number of hydrogen-bond donors (Lipinski definition) is 0. The Morgan fingerprint density at radius 3 is 1.82 bits per heavy atom. The maximum absolute atomic E-state index is 12.9. The van der Waals surface area contributed by atoms with Crippen LogP contribution in [0.4, 0.5) is 30.7 Å². The zero-order valence-corrected chi connectivity index (χ0v) is 7.79. The first-order valence-corrected chi connectivity index (χ1v) is 4.00. The Morgan fingerprint density at radius 2 is 1.47 bits per heavy atom. The highest BCUT2D eigenvalue weighted by Crippen LogP contribution is 2.37. The van der Waals surface area contributed by atoms with Crippen LogP contribution in [0.1, 0.15) is 21.5 Å². The average Bonchev–Trinajstić information content (AvgIpc) is 2.13. The molecule has 0 aliphatic rings. The number of aldehydes is 1. The highest BCUT2D eigenvalue weighted by molar-refractivity contribution is 5.78. The molecule has 0 aromatic heterocycles. The van der Waals surface area contributed by atoms with Gasteiger partial charge in [-0.1, -0.05) is 0 Å². The van der Waals surface area contributed by atoms with E-state index >= 15 is 0 Å². The molecule has 1 nitrogen and oxygen atoms in total. The first-order chi connectivity index (χ1) is 7.57. The summed E-state index contributed by atoms with van der Waals surface area (Å²) >= 11 is 0. The fourth-order valence-electron chi connectivity index (χ4n) is 1.14. The van der Waals surface area contributed by atoms with Crippen molar-refractivity contribution >= 4 is 6.29 Å². The molecule has 0 spiro atoms. The quantitative estimate of drug-likeness (QED) is 0.556. The van der Waals surface area contributed by atoms with Crippen molar-refractivity contribution in [3.8, 4) is 0 Å². The molecule has 1 rings (SSSR count). The molecule has 0 atom stereocenters. The summed E-state index contributed by atoms with van der Waals surface area (Å²) in [6.07, 6.45) is -10.8. The van der Waals surface area contributed by atoms with Crippen LogP contribution in [-0.4, -0.2) is 6.29 Å². The smallest absolute Gasteiger partial charge is 0.298 e. The van der Waals surface area contributed by atoms with Gasteiger partial charge in [0.1, 0.15) is 5.82 Å². The van der Waals surface area contributed by atoms with Crippen molar-refractivity contribution < 1.29 is 35.5 Å². The highest BCUT2D eigenvalue weighted by atomic mass is 19.4. The molecule has 94 valence electrons. The minimum atomic E-state index is -5.24. The van der Waals surface area contributed by atoms with Crippen molar-refractivity contribution in [1.29, 1.82) is 0 Å². The van der Waals surface area contributed by atoms with Crippen molar-refractivity contribution in [2.75, 3.05) is 0 Å². The Bertz CT molecular complexity index is 444. The van der Waals surface area contributed by atoms with E-state index in [2.05, 4.69) is 0 Å². The van der Waals surface area contributed by atoms with E-state index in [-0.39, 0.29) is 12.1 Å². The van der Waals surface area contributed by atoms with E-state index in [0.29, 0.717) is 0 Å². The van der Waals surface area contributed by atoms with Crippen LogP contribution in [0.2, 0.25) is 0 Å². The van der Waals surface area contributed by atoms with Crippen molar-refractivity contribution in [3.63, 3.8) is 0 Å². The number of carbonyl (C=O) groups is 1. The second-order valence-corrected chi connectivity index (χ2v) is 3.03. The predicted octanol–water partition coefficient (Wildman–Crippen LogP) is 3.68. The van der Waals surface area contributed by atoms with Gasteiger partial charge in [-0.3, -0.25) is 4.79 Å². The Morgan fingerprint density at radius 1 is 0.941 bits per heavy atom. The van der Waals surface area contributed by atoms with Gasteiger partial charge in [0.25, 0.3) is 0 Å². The molecule has 0 aliphatic heterocycles. The van der Waals surface area contributed by atoms with Crippen LogP contribution < -0.4 is 0 Å². The zero-order valence-electron chi connectivity index (χ0n) is 7.79. The number of halogens is 7. The molecular weight excluding hydrogens is 257 g/mol. The van der Waals surface area contributed by atoms with Gasteiger partial charge in [-0.15, -0.1) is 0 Å². The fraction of sp³-hybridized carbons (Fsp3) is 0.222. The summed E-state index contributed by atoms with van der Waals surface area (Å²) in [5.74, 6) is -1.86. The number of alkyl halides is 6. The molecule has 0 amide bonds. The molecule has 0 unspecified atom stereocenters. The Kier molecular flexibility index (Phi) is 3.17. The van der Waals surface area contributed by atoms with E-state index in [1.54, 1.807) is 0 Å². The number of benzene rings is 1. The summed E-state index contributed by atoms with van der Waals surface area (Å²) in [5, 5.41) is 0. The molecule has 0 aliphatic carbocycles. The molecule has 1 aromatic carbocycles. The molecule has 0 radical (unpaired) electrons. The summed E-state index contributed by atoms with van der Waals surface area (Å²) in [7, 11) is 0. The zero-order chi connectivity index (χ0) is 13.4. The normalized spacial score (nSPS) is 12.6. The average molecular weight is 260 g/mol. The van der Waals surface area contributed by atoms with E-state index in [9.17, 15) is 35.5 Å². The minimum absolute atomic E-state index is 0.154. The van der Waals surface area contributed by atoms with Crippen molar-refractivity contribution in [3.05, 3.63) is 34.6 Å². The lowest BCUT2D eigenvalue weighted by molar-refractivity contribution is -0.143. The SMILES string of the molecule is O=Cc1c(F)cc(C(F)(F)F)cc1C(F)(F)F. The van der Waals surface area contributed by atoms with E-state index < -0.39 is 41.1 Å². The van der Waals surface area contributed by atoms with Gasteiger partial charge in [-0.05, 0) is 12.1 Å². The van der Waals surface area contributed by atoms with Gasteiger partial charge in [-0.2, -0.15) is 26.3 Å². The number of carbonyl (C=O) groups excluding carboxylic acids is 1. The fourth-order valence-corrected chi connectivity index (χ4v) is 1.14. The maximum atomic E-state index is 12.9. The van der Waals surface area contributed by atoms with Gasteiger partial charge in [0.2, 0.25) is 0 Å². The van der Waals surface area contributed by atoms with Crippen LogP contribution in [-0.2, 0) is 12.4 Å². The molecule has 17 heavy (non-hydrogen) atoms. The predicted molar refractivity (Wildman–Crippen MR) is 41.8 cm³/mol. The van der Waals surface area contributed by atoms with E-state index in [1.165, 1.54) is 0 Å². The molecule has 0 saturated carbocycles. The third kappa shape index (κ3) is 2.75. The molecule has 0 heterocycles. The molecular formula is C9H3F7O. The van der Waals surface area contributed by atoms with Gasteiger partial charge < -0.3 is 0 Å². The number of rotatable bonds is 1. The van der Waals surface area contributed by atoms with E-state index in [4.69, 9.17) is 0 Å². The molecule has 1 aromatic rings. The summed E-state index contributed by atoms with van der Waals surface area (Å²) in [6, 6.07) is -0.453. The van der Waals surface area contributed by atoms with Gasteiger partial charge in [0, 0.05) is 0 Å². The molecule has 0 saturated heterocycles. The summed E-state index contributed by atoms with van der Waals surface area (Å²) in [4.78, 5) is 10.2.